The van der Waals surface area contributed by atoms with Crippen molar-refractivity contribution in [1.29, 1.82) is 0 Å². The summed E-state index contributed by atoms with van der Waals surface area (Å²) in [6, 6.07) is 10.4. The van der Waals surface area contributed by atoms with Crippen LogP contribution in [0.5, 0.6) is 0 Å². The van der Waals surface area contributed by atoms with Gasteiger partial charge in [0, 0.05) is 6.20 Å². The van der Waals surface area contributed by atoms with E-state index >= 15 is 0 Å². The minimum atomic E-state index is -0.395. The van der Waals surface area contributed by atoms with E-state index in [0.717, 1.165) is 5.56 Å². The van der Waals surface area contributed by atoms with Crippen molar-refractivity contribution < 1.29 is 14.3 Å². The highest BCUT2D eigenvalue weighted by atomic mass is 32.2. The molecule has 7 heteroatoms. The topological polar surface area (TPSA) is 80.7 Å². The molecule has 2 heterocycles. The number of amidine groups is 1. The van der Waals surface area contributed by atoms with E-state index in [1.807, 2.05) is 0 Å². The minimum absolute atomic E-state index is 0.209. The Labute approximate surface area is 142 Å². The van der Waals surface area contributed by atoms with E-state index in [1.165, 1.54) is 18.9 Å². The Bertz CT molecular complexity index is 830. The zero-order valence-electron chi connectivity index (χ0n) is 12.7. The van der Waals surface area contributed by atoms with Gasteiger partial charge in [-0.3, -0.25) is 9.78 Å². The molecule has 3 rings (SSSR count). The fraction of sp³-hybridized carbons (Fsp3) is 0.0588. The fourth-order valence-corrected chi connectivity index (χ4v) is 2.84. The lowest BCUT2D eigenvalue weighted by molar-refractivity contribution is -0.115. The number of ether oxygens (including phenoxy) is 1. The first kappa shape index (κ1) is 15.9. The number of esters is 1. The van der Waals surface area contributed by atoms with Crippen molar-refractivity contribution in [3.63, 3.8) is 0 Å². The molecule has 120 valence electrons. The van der Waals surface area contributed by atoms with Gasteiger partial charge in [0.2, 0.25) is 0 Å². The number of hydrogen-bond acceptors (Lipinski definition) is 6. The third kappa shape index (κ3) is 3.69. The minimum Gasteiger partial charge on any atom is -0.465 e. The predicted molar refractivity (Wildman–Crippen MR) is 92.8 cm³/mol. The molecule has 1 aliphatic heterocycles. The van der Waals surface area contributed by atoms with E-state index in [1.54, 1.807) is 54.9 Å². The average molecular weight is 339 g/mol. The highest BCUT2D eigenvalue weighted by Gasteiger charge is 2.23. The molecule has 1 amide bonds. The summed E-state index contributed by atoms with van der Waals surface area (Å²) in [5.41, 5.74) is 1.94. The first-order chi connectivity index (χ1) is 11.7. The fourth-order valence-electron chi connectivity index (χ4n) is 2.00. The Morgan fingerprint density at radius 2 is 2.08 bits per heavy atom. The van der Waals surface area contributed by atoms with Crippen LogP contribution in [-0.2, 0) is 9.53 Å². The van der Waals surface area contributed by atoms with Crippen LogP contribution in [0, 0.1) is 0 Å². The standard InChI is InChI=1S/C17H13N3O3S/c1-23-16(22)12-6-4-11(5-7-12)9-14-15(21)20-17(24-14)19-13-3-2-8-18-10-13/h2-10H,1H3,(H,19,20,21)/b14-9-. The molecule has 1 N–H and O–H groups in total. The third-order valence-electron chi connectivity index (χ3n) is 3.16. The molecule has 1 fully saturated rings. The maximum Gasteiger partial charge on any atom is 0.337 e. The SMILES string of the molecule is COC(=O)c1ccc(/C=C2\SC(=Nc3cccnc3)NC2=O)cc1. The Morgan fingerprint density at radius 1 is 1.29 bits per heavy atom. The van der Waals surface area contributed by atoms with Crippen LogP contribution >= 0.6 is 11.8 Å². The molecule has 0 atom stereocenters. The molecule has 0 aliphatic carbocycles. The molecule has 1 saturated heterocycles. The summed E-state index contributed by atoms with van der Waals surface area (Å²) in [7, 11) is 1.33. The van der Waals surface area contributed by atoms with E-state index in [0.29, 0.717) is 21.3 Å². The van der Waals surface area contributed by atoms with Gasteiger partial charge in [-0.25, -0.2) is 9.79 Å². The van der Waals surface area contributed by atoms with Crippen molar-refractivity contribution >= 4 is 40.6 Å². The number of rotatable bonds is 3. The van der Waals surface area contributed by atoms with Gasteiger partial charge in [0.25, 0.3) is 5.91 Å². The summed E-state index contributed by atoms with van der Waals surface area (Å²) in [4.78, 5) is 32.3. The van der Waals surface area contributed by atoms with Crippen molar-refractivity contribution in [2.45, 2.75) is 0 Å². The van der Waals surface area contributed by atoms with Crippen molar-refractivity contribution in [3.8, 4) is 0 Å². The van der Waals surface area contributed by atoms with E-state index < -0.39 is 5.97 Å². The second kappa shape index (κ2) is 7.10. The van der Waals surface area contributed by atoms with Crippen molar-refractivity contribution in [2.24, 2.45) is 4.99 Å². The summed E-state index contributed by atoms with van der Waals surface area (Å²) >= 11 is 1.25. The van der Waals surface area contributed by atoms with Gasteiger partial charge in [0.15, 0.2) is 5.17 Å². The number of carbonyl (C=O) groups is 2. The Kier molecular flexibility index (Phi) is 4.72. The first-order valence-corrected chi connectivity index (χ1v) is 7.85. The summed E-state index contributed by atoms with van der Waals surface area (Å²) in [5.74, 6) is -0.604. The smallest absolute Gasteiger partial charge is 0.337 e. The van der Waals surface area contributed by atoms with E-state index in [2.05, 4.69) is 20.0 Å². The maximum atomic E-state index is 12.0. The van der Waals surface area contributed by atoms with Gasteiger partial charge in [-0.1, -0.05) is 12.1 Å². The normalized spacial score (nSPS) is 17.1. The molecular weight excluding hydrogens is 326 g/mol. The number of nitrogens with zero attached hydrogens (tertiary/aromatic N) is 2. The Hall–Kier alpha value is -2.93. The van der Waals surface area contributed by atoms with Gasteiger partial charge in [0.05, 0.1) is 29.5 Å². The summed E-state index contributed by atoms with van der Waals surface area (Å²) in [6.45, 7) is 0. The van der Waals surface area contributed by atoms with Gasteiger partial charge in [-0.15, -0.1) is 0 Å². The number of aliphatic imine (C=N–C) groups is 1. The number of nitrogens with one attached hydrogen (secondary N) is 1. The zero-order chi connectivity index (χ0) is 16.9. The maximum absolute atomic E-state index is 12.0. The molecule has 0 bridgehead atoms. The van der Waals surface area contributed by atoms with Crippen molar-refractivity contribution in [3.05, 3.63) is 64.8 Å². The first-order valence-electron chi connectivity index (χ1n) is 7.04. The number of methoxy groups -OCH3 is 1. The molecule has 0 radical (unpaired) electrons. The van der Waals surface area contributed by atoms with Crippen LogP contribution in [0.15, 0.2) is 58.7 Å². The lowest BCUT2D eigenvalue weighted by atomic mass is 10.1. The Balaban J connectivity index is 1.77. The zero-order valence-corrected chi connectivity index (χ0v) is 13.5. The van der Waals surface area contributed by atoms with E-state index in [-0.39, 0.29) is 5.91 Å². The number of pyridine rings is 1. The molecule has 6 nitrogen and oxygen atoms in total. The highest BCUT2D eigenvalue weighted by molar-refractivity contribution is 8.18. The highest BCUT2D eigenvalue weighted by Crippen LogP contribution is 2.27. The summed E-state index contributed by atoms with van der Waals surface area (Å²) in [6.07, 6.45) is 5.02. The van der Waals surface area contributed by atoms with Gasteiger partial charge >= 0.3 is 5.97 Å². The second-order valence-electron chi connectivity index (χ2n) is 4.81. The van der Waals surface area contributed by atoms with Gasteiger partial charge in [0.1, 0.15) is 0 Å². The van der Waals surface area contributed by atoms with Gasteiger partial charge in [-0.05, 0) is 47.7 Å². The number of amides is 1. The molecule has 1 aromatic heterocycles. The molecule has 1 aliphatic rings. The van der Waals surface area contributed by atoms with Crippen molar-refractivity contribution in [2.75, 3.05) is 7.11 Å². The number of thioether (sulfide) groups is 1. The number of hydrogen-bond donors (Lipinski definition) is 1. The predicted octanol–water partition coefficient (Wildman–Crippen LogP) is 2.76. The number of carbonyl (C=O) groups excluding carboxylic acids is 2. The molecule has 0 saturated carbocycles. The molecule has 0 spiro atoms. The Morgan fingerprint density at radius 3 is 2.75 bits per heavy atom. The van der Waals surface area contributed by atoms with Crippen LogP contribution in [0.25, 0.3) is 6.08 Å². The largest absolute Gasteiger partial charge is 0.465 e. The molecular formula is C17H13N3O3S. The molecule has 1 aromatic carbocycles. The van der Waals surface area contributed by atoms with Crippen LogP contribution in [0.3, 0.4) is 0 Å². The molecule has 2 aromatic rings. The second-order valence-corrected chi connectivity index (χ2v) is 5.84. The quantitative estimate of drug-likeness (QED) is 0.687. The number of benzene rings is 1. The van der Waals surface area contributed by atoms with Crippen molar-refractivity contribution in [1.82, 2.24) is 10.3 Å². The van der Waals surface area contributed by atoms with Crippen LogP contribution < -0.4 is 5.32 Å². The summed E-state index contributed by atoms with van der Waals surface area (Å²) in [5, 5.41) is 3.22. The van der Waals surface area contributed by atoms with Crippen LogP contribution in [-0.4, -0.2) is 29.1 Å². The average Bonchev–Trinajstić information content (AvgIpc) is 2.95. The third-order valence-corrected chi connectivity index (χ3v) is 4.07. The van der Waals surface area contributed by atoms with Gasteiger partial charge < -0.3 is 10.1 Å². The van der Waals surface area contributed by atoms with E-state index in [9.17, 15) is 9.59 Å². The van der Waals surface area contributed by atoms with Gasteiger partial charge in [-0.2, -0.15) is 0 Å². The molecule has 24 heavy (non-hydrogen) atoms. The molecule has 0 unspecified atom stereocenters. The monoisotopic (exact) mass is 339 g/mol. The van der Waals surface area contributed by atoms with E-state index in [4.69, 9.17) is 0 Å². The van der Waals surface area contributed by atoms with Crippen LogP contribution in [0.4, 0.5) is 5.69 Å². The lowest BCUT2D eigenvalue weighted by Crippen LogP contribution is -2.19. The number of aromatic nitrogens is 1. The van der Waals surface area contributed by atoms with Crippen LogP contribution in [0.2, 0.25) is 0 Å². The van der Waals surface area contributed by atoms with Crippen LogP contribution in [0.1, 0.15) is 15.9 Å². The summed E-state index contributed by atoms with van der Waals surface area (Å²) < 4.78 is 4.65. The lowest BCUT2D eigenvalue weighted by Gasteiger charge is -1.99.